The van der Waals surface area contributed by atoms with Crippen LogP contribution < -0.4 is 5.32 Å². The molecule has 0 bridgehead atoms. The quantitative estimate of drug-likeness (QED) is 0.704. The topological polar surface area (TPSA) is 12.0 Å². The SMILES string of the molecule is CCC(C)CC(NC)C1CCC(CC)C1. The summed E-state index contributed by atoms with van der Waals surface area (Å²) in [6.45, 7) is 7.04. The Morgan fingerprint density at radius 3 is 2.47 bits per heavy atom. The zero-order chi connectivity index (χ0) is 11.3. The molecular formula is C14H29N. The van der Waals surface area contributed by atoms with E-state index < -0.39 is 0 Å². The Bertz CT molecular complexity index is 167. The molecular weight excluding hydrogens is 182 g/mol. The number of rotatable bonds is 6. The smallest absolute Gasteiger partial charge is 0.00949 e. The maximum absolute atomic E-state index is 3.55. The molecule has 1 nitrogen and oxygen atoms in total. The lowest BCUT2D eigenvalue weighted by molar-refractivity contribution is 0.304. The van der Waals surface area contributed by atoms with Crippen LogP contribution in [0.4, 0.5) is 0 Å². The summed E-state index contributed by atoms with van der Waals surface area (Å²) < 4.78 is 0. The third-order valence-electron chi connectivity index (χ3n) is 4.45. The van der Waals surface area contributed by atoms with Gasteiger partial charge in [0.25, 0.3) is 0 Å². The highest BCUT2D eigenvalue weighted by atomic mass is 14.9. The first kappa shape index (κ1) is 13.0. The van der Waals surface area contributed by atoms with Crippen LogP contribution in [0, 0.1) is 17.8 Å². The summed E-state index contributed by atoms with van der Waals surface area (Å²) in [4.78, 5) is 0. The lowest BCUT2D eigenvalue weighted by Gasteiger charge is -2.26. The van der Waals surface area contributed by atoms with Crippen molar-refractivity contribution in [1.82, 2.24) is 5.32 Å². The molecule has 4 unspecified atom stereocenters. The molecule has 0 saturated heterocycles. The van der Waals surface area contributed by atoms with E-state index in [0.717, 1.165) is 23.8 Å². The van der Waals surface area contributed by atoms with Gasteiger partial charge in [0.05, 0.1) is 0 Å². The third-order valence-corrected chi connectivity index (χ3v) is 4.45. The summed E-state index contributed by atoms with van der Waals surface area (Å²) >= 11 is 0. The molecule has 1 aliphatic carbocycles. The molecule has 0 aromatic heterocycles. The second kappa shape index (κ2) is 6.52. The number of hydrogen-bond acceptors (Lipinski definition) is 1. The average Bonchev–Trinajstić information content (AvgIpc) is 2.73. The fourth-order valence-electron chi connectivity index (χ4n) is 3.00. The summed E-state index contributed by atoms with van der Waals surface area (Å²) in [7, 11) is 2.15. The molecule has 1 N–H and O–H groups in total. The monoisotopic (exact) mass is 211 g/mol. The first-order valence-corrected chi connectivity index (χ1v) is 6.88. The molecule has 0 aromatic carbocycles. The van der Waals surface area contributed by atoms with Crippen molar-refractivity contribution in [3.63, 3.8) is 0 Å². The van der Waals surface area contributed by atoms with E-state index in [0.29, 0.717) is 0 Å². The van der Waals surface area contributed by atoms with Gasteiger partial charge in [0.2, 0.25) is 0 Å². The molecule has 0 aromatic rings. The highest BCUT2D eigenvalue weighted by molar-refractivity contribution is 4.84. The Labute approximate surface area is 96.0 Å². The molecule has 0 aliphatic heterocycles. The van der Waals surface area contributed by atoms with Gasteiger partial charge in [-0.25, -0.2) is 0 Å². The largest absolute Gasteiger partial charge is 0.317 e. The van der Waals surface area contributed by atoms with Crippen molar-refractivity contribution in [3.05, 3.63) is 0 Å². The van der Waals surface area contributed by atoms with Crippen LogP contribution >= 0.6 is 0 Å². The maximum Gasteiger partial charge on any atom is 0.00949 e. The zero-order valence-corrected chi connectivity index (χ0v) is 11.1. The minimum atomic E-state index is 0.775. The van der Waals surface area contributed by atoms with E-state index in [1.165, 1.54) is 38.5 Å². The van der Waals surface area contributed by atoms with Crippen LogP contribution in [-0.4, -0.2) is 13.1 Å². The van der Waals surface area contributed by atoms with Gasteiger partial charge in [-0.3, -0.25) is 0 Å². The Morgan fingerprint density at radius 2 is 2.00 bits per heavy atom. The normalized spacial score (nSPS) is 30.4. The Hall–Kier alpha value is -0.0400. The predicted molar refractivity (Wildman–Crippen MR) is 68.0 cm³/mol. The van der Waals surface area contributed by atoms with Crippen LogP contribution in [0.5, 0.6) is 0 Å². The van der Waals surface area contributed by atoms with Crippen molar-refractivity contribution in [2.75, 3.05) is 7.05 Å². The maximum atomic E-state index is 3.55. The van der Waals surface area contributed by atoms with Gasteiger partial charge in [0, 0.05) is 6.04 Å². The standard InChI is InChI=1S/C14H29N/c1-5-11(3)9-14(15-4)13-8-7-12(6-2)10-13/h11-15H,5-10H2,1-4H3. The molecule has 0 spiro atoms. The average molecular weight is 211 g/mol. The summed E-state index contributed by atoms with van der Waals surface area (Å²) in [5, 5.41) is 3.55. The molecule has 90 valence electrons. The molecule has 15 heavy (non-hydrogen) atoms. The minimum absolute atomic E-state index is 0.775. The molecule has 1 heteroatoms. The first-order valence-electron chi connectivity index (χ1n) is 6.88. The van der Waals surface area contributed by atoms with Crippen molar-refractivity contribution < 1.29 is 0 Å². The van der Waals surface area contributed by atoms with Crippen LogP contribution in [-0.2, 0) is 0 Å². The fraction of sp³-hybridized carbons (Fsp3) is 1.00. The van der Waals surface area contributed by atoms with Crippen molar-refractivity contribution in [2.45, 2.75) is 65.3 Å². The molecule has 1 rings (SSSR count). The lowest BCUT2D eigenvalue weighted by atomic mass is 9.88. The highest BCUT2D eigenvalue weighted by Crippen LogP contribution is 2.36. The van der Waals surface area contributed by atoms with Crippen LogP contribution in [0.2, 0.25) is 0 Å². The molecule has 1 aliphatic rings. The molecule has 0 heterocycles. The van der Waals surface area contributed by atoms with Gasteiger partial charge in [-0.1, -0.05) is 40.0 Å². The van der Waals surface area contributed by atoms with Crippen LogP contribution in [0.1, 0.15) is 59.3 Å². The van der Waals surface area contributed by atoms with E-state index in [9.17, 15) is 0 Å². The summed E-state index contributed by atoms with van der Waals surface area (Å²) in [6.07, 6.45) is 8.48. The molecule has 4 atom stereocenters. The molecule has 1 fully saturated rings. The van der Waals surface area contributed by atoms with E-state index in [1.807, 2.05) is 0 Å². The second-order valence-electron chi connectivity index (χ2n) is 5.49. The number of hydrogen-bond donors (Lipinski definition) is 1. The van der Waals surface area contributed by atoms with E-state index >= 15 is 0 Å². The highest BCUT2D eigenvalue weighted by Gasteiger charge is 2.29. The van der Waals surface area contributed by atoms with E-state index in [1.54, 1.807) is 0 Å². The van der Waals surface area contributed by atoms with Gasteiger partial charge in [0.1, 0.15) is 0 Å². The van der Waals surface area contributed by atoms with E-state index in [-0.39, 0.29) is 0 Å². The summed E-state index contributed by atoms with van der Waals surface area (Å²) in [5.74, 6) is 2.85. The van der Waals surface area contributed by atoms with Gasteiger partial charge in [0.15, 0.2) is 0 Å². The zero-order valence-electron chi connectivity index (χ0n) is 11.1. The van der Waals surface area contributed by atoms with Crippen LogP contribution in [0.3, 0.4) is 0 Å². The fourth-order valence-corrected chi connectivity index (χ4v) is 3.00. The van der Waals surface area contributed by atoms with Gasteiger partial charge in [-0.05, 0) is 44.1 Å². The summed E-state index contributed by atoms with van der Waals surface area (Å²) in [5.41, 5.74) is 0. The number of nitrogens with one attached hydrogen (secondary N) is 1. The first-order chi connectivity index (χ1) is 7.21. The molecule has 0 radical (unpaired) electrons. The van der Waals surface area contributed by atoms with Gasteiger partial charge < -0.3 is 5.32 Å². The predicted octanol–water partition coefficient (Wildman–Crippen LogP) is 3.84. The van der Waals surface area contributed by atoms with Crippen LogP contribution in [0.25, 0.3) is 0 Å². The third kappa shape index (κ3) is 3.79. The van der Waals surface area contributed by atoms with Crippen LogP contribution in [0.15, 0.2) is 0 Å². The van der Waals surface area contributed by atoms with Gasteiger partial charge in [-0.2, -0.15) is 0 Å². The Morgan fingerprint density at radius 1 is 1.27 bits per heavy atom. The Balaban J connectivity index is 2.38. The molecule has 1 saturated carbocycles. The Kier molecular flexibility index (Phi) is 5.66. The van der Waals surface area contributed by atoms with Crippen molar-refractivity contribution in [2.24, 2.45) is 17.8 Å². The van der Waals surface area contributed by atoms with E-state index in [4.69, 9.17) is 0 Å². The second-order valence-corrected chi connectivity index (χ2v) is 5.49. The van der Waals surface area contributed by atoms with Crippen molar-refractivity contribution in [3.8, 4) is 0 Å². The lowest BCUT2D eigenvalue weighted by Crippen LogP contribution is -2.34. The van der Waals surface area contributed by atoms with Gasteiger partial charge >= 0.3 is 0 Å². The van der Waals surface area contributed by atoms with E-state index in [2.05, 4.69) is 33.1 Å². The molecule has 0 amide bonds. The van der Waals surface area contributed by atoms with Crippen molar-refractivity contribution in [1.29, 1.82) is 0 Å². The van der Waals surface area contributed by atoms with Gasteiger partial charge in [-0.15, -0.1) is 0 Å². The summed E-state index contributed by atoms with van der Waals surface area (Å²) in [6, 6.07) is 0.775. The minimum Gasteiger partial charge on any atom is -0.317 e. The van der Waals surface area contributed by atoms with Crippen molar-refractivity contribution >= 4 is 0 Å².